The third-order valence-corrected chi connectivity index (χ3v) is 3.61. The number of rotatable bonds is 9. The number of thiazole rings is 1. The zero-order valence-electron chi connectivity index (χ0n) is 11.1. The molecule has 1 aromatic heterocycles. The Morgan fingerprint density at radius 1 is 1.26 bits per heavy atom. The molecule has 0 fully saturated rings. The Balaban J connectivity index is 1.99. The van der Waals surface area contributed by atoms with Gasteiger partial charge in [-0.25, -0.2) is 4.98 Å². The lowest BCUT2D eigenvalue weighted by Gasteiger charge is -2.03. The van der Waals surface area contributed by atoms with Crippen molar-refractivity contribution < 1.29 is 14.7 Å². The summed E-state index contributed by atoms with van der Waals surface area (Å²) in [6, 6.07) is 0. The first-order valence-electron chi connectivity index (χ1n) is 6.52. The molecule has 0 aromatic carbocycles. The van der Waals surface area contributed by atoms with Crippen LogP contribution in [0.4, 0.5) is 0 Å². The number of hydrogen-bond donors (Lipinski definition) is 2. The molecule has 0 radical (unpaired) electrons. The molecule has 0 bridgehead atoms. The molecular weight excluding hydrogens is 264 g/mol. The molecular formula is C13H20N2O3S. The smallest absolute Gasteiger partial charge is 0.303 e. The molecule has 1 aromatic rings. The maximum atomic E-state index is 11.7. The quantitative estimate of drug-likeness (QED) is 0.683. The monoisotopic (exact) mass is 284 g/mol. The summed E-state index contributed by atoms with van der Waals surface area (Å²) in [5, 5.41) is 12.2. The van der Waals surface area contributed by atoms with E-state index in [1.165, 1.54) is 11.3 Å². The van der Waals surface area contributed by atoms with Gasteiger partial charge in [0, 0.05) is 13.0 Å². The van der Waals surface area contributed by atoms with Crippen LogP contribution in [0.5, 0.6) is 0 Å². The number of aromatic nitrogens is 1. The zero-order valence-corrected chi connectivity index (χ0v) is 12.0. The van der Waals surface area contributed by atoms with Crippen LogP contribution >= 0.6 is 11.3 Å². The van der Waals surface area contributed by atoms with Crippen LogP contribution in [0.3, 0.4) is 0 Å². The SMILES string of the molecule is Cc1ncc(C(=O)NCCCCCCCC(=O)O)s1. The van der Waals surface area contributed by atoms with Gasteiger partial charge >= 0.3 is 5.97 Å². The van der Waals surface area contributed by atoms with Crippen molar-refractivity contribution in [3.63, 3.8) is 0 Å². The summed E-state index contributed by atoms with van der Waals surface area (Å²) >= 11 is 1.39. The van der Waals surface area contributed by atoms with Crippen LogP contribution in [0.25, 0.3) is 0 Å². The Labute approximate surface area is 117 Å². The Kier molecular flexibility index (Phi) is 7.10. The Bertz CT molecular complexity index is 418. The molecule has 0 saturated carbocycles. The first-order valence-corrected chi connectivity index (χ1v) is 7.33. The number of hydrogen-bond acceptors (Lipinski definition) is 4. The third-order valence-electron chi connectivity index (χ3n) is 2.70. The summed E-state index contributed by atoms with van der Waals surface area (Å²) in [6.45, 7) is 2.54. The van der Waals surface area contributed by atoms with Crippen molar-refractivity contribution >= 4 is 23.2 Å². The van der Waals surface area contributed by atoms with E-state index < -0.39 is 5.97 Å². The molecule has 1 amide bonds. The van der Waals surface area contributed by atoms with Crippen molar-refractivity contribution in [2.75, 3.05) is 6.54 Å². The fraction of sp³-hybridized carbons (Fsp3) is 0.615. The topological polar surface area (TPSA) is 79.3 Å². The molecule has 5 nitrogen and oxygen atoms in total. The van der Waals surface area contributed by atoms with Gasteiger partial charge in [0.15, 0.2) is 0 Å². The van der Waals surface area contributed by atoms with Gasteiger partial charge in [0.25, 0.3) is 5.91 Å². The lowest BCUT2D eigenvalue weighted by Crippen LogP contribution is -2.23. The molecule has 0 saturated heterocycles. The van der Waals surface area contributed by atoms with Gasteiger partial charge in [0.05, 0.1) is 11.2 Å². The van der Waals surface area contributed by atoms with Crippen molar-refractivity contribution in [3.05, 3.63) is 16.1 Å². The van der Waals surface area contributed by atoms with E-state index in [1.54, 1.807) is 6.20 Å². The molecule has 0 aliphatic rings. The van der Waals surface area contributed by atoms with Crippen LogP contribution in [0.15, 0.2) is 6.20 Å². The summed E-state index contributed by atoms with van der Waals surface area (Å²) in [6.07, 6.45) is 6.49. The number of amides is 1. The highest BCUT2D eigenvalue weighted by molar-refractivity contribution is 7.13. The standard InChI is InChI=1S/C13H20N2O3S/c1-10-15-9-11(19-10)13(18)14-8-6-4-2-3-5-7-12(16)17/h9H,2-8H2,1H3,(H,14,18)(H,16,17). The molecule has 1 rings (SSSR count). The summed E-state index contributed by atoms with van der Waals surface area (Å²) in [5.74, 6) is -0.788. The Morgan fingerprint density at radius 3 is 2.58 bits per heavy atom. The first kappa shape index (κ1) is 15.6. The second kappa shape index (κ2) is 8.63. The zero-order chi connectivity index (χ0) is 14.1. The lowest BCUT2D eigenvalue weighted by atomic mass is 10.1. The molecule has 0 aliphatic carbocycles. The van der Waals surface area contributed by atoms with Gasteiger partial charge in [-0.3, -0.25) is 9.59 Å². The number of nitrogens with one attached hydrogen (secondary N) is 1. The average Bonchev–Trinajstić information content (AvgIpc) is 2.78. The molecule has 0 spiro atoms. The van der Waals surface area contributed by atoms with E-state index in [4.69, 9.17) is 5.11 Å². The minimum absolute atomic E-state index is 0.0588. The number of carboxylic acids is 1. The minimum Gasteiger partial charge on any atom is -0.481 e. The molecule has 0 unspecified atom stereocenters. The van der Waals surface area contributed by atoms with E-state index in [0.29, 0.717) is 11.4 Å². The summed E-state index contributed by atoms with van der Waals surface area (Å²) < 4.78 is 0. The van der Waals surface area contributed by atoms with E-state index in [9.17, 15) is 9.59 Å². The normalized spacial score (nSPS) is 10.4. The number of carbonyl (C=O) groups is 2. The van der Waals surface area contributed by atoms with E-state index in [-0.39, 0.29) is 12.3 Å². The molecule has 1 heterocycles. The summed E-state index contributed by atoms with van der Waals surface area (Å²) in [4.78, 5) is 26.6. The number of aryl methyl sites for hydroxylation is 1. The fourth-order valence-corrected chi connectivity index (χ4v) is 2.38. The van der Waals surface area contributed by atoms with Crippen molar-refractivity contribution in [3.8, 4) is 0 Å². The van der Waals surface area contributed by atoms with Crippen LogP contribution in [-0.4, -0.2) is 28.5 Å². The highest BCUT2D eigenvalue weighted by Crippen LogP contribution is 2.11. The van der Waals surface area contributed by atoms with Crippen LogP contribution in [0.2, 0.25) is 0 Å². The van der Waals surface area contributed by atoms with Gasteiger partial charge in [-0.2, -0.15) is 0 Å². The van der Waals surface area contributed by atoms with Gasteiger partial charge in [0.1, 0.15) is 4.88 Å². The maximum Gasteiger partial charge on any atom is 0.303 e. The number of carbonyl (C=O) groups excluding carboxylic acids is 1. The first-order chi connectivity index (χ1) is 9.09. The Hall–Kier alpha value is -1.43. The van der Waals surface area contributed by atoms with Gasteiger partial charge < -0.3 is 10.4 Å². The molecule has 2 N–H and O–H groups in total. The molecule has 6 heteroatoms. The van der Waals surface area contributed by atoms with Gasteiger partial charge in [-0.1, -0.05) is 19.3 Å². The van der Waals surface area contributed by atoms with Crippen LogP contribution in [0.1, 0.15) is 53.2 Å². The van der Waals surface area contributed by atoms with E-state index in [0.717, 1.165) is 37.1 Å². The maximum absolute atomic E-state index is 11.7. The highest BCUT2D eigenvalue weighted by Gasteiger charge is 2.07. The lowest BCUT2D eigenvalue weighted by molar-refractivity contribution is -0.137. The van der Waals surface area contributed by atoms with Crippen LogP contribution < -0.4 is 5.32 Å². The average molecular weight is 284 g/mol. The van der Waals surface area contributed by atoms with Crippen molar-refractivity contribution in [2.24, 2.45) is 0 Å². The molecule has 19 heavy (non-hydrogen) atoms. The number of carboxylic acid groups (broad SMARTS) is 1. The largest absolute Gasteiger partial charge is 0.481 e. The third kappa shape index (κ3) is 6.91. The van der Waals surface area contributed by atoms with Crippen LogP contribution in [0, 0.1) is 6.92 Å². The molecule has 0 aliphatic heterocycles. The number of aliphatic carboxylic acids is 1. The molecule has 106 valence electrons. The van der Waals surface area contributed by atoms with Crippen molar-refractivity contribution in [2.45, 2.75) is 45.4 Å². The van der Waals surface area contributed by atoms with E-state index in [1.807, 2.05) is 6.92 Å². The second-order valence-electron chi connectivity index (χ2n) is 4.41. The summed E-state index contributed by atoms with van der Waals surface area (Å²) in [5.41, 5.74) is 0. The summed E-state index contributed by atoms with van der Waals surface area (Å²) in [7, 11) is 0. The second-order valence-corrected chi connectivity index (χ2v) is 5.65. The Morgan fingerprint density at radius 2 is 1.95 bits per heavy atom. The van der Waals surface area contributed by atoms with Crippen molar-refractivity contribution in [1.82, 2.24) is 10.3 Å². The van der Waals surface area contributed by atoms with Gasteiger partial charge in [0.2, 0.25) is 0 Å². The molecule has 0 atom stereocenters. The van der Waals surface area contributed by atoms with E-state index in [2.05, 4.69) is 10.3 Å². The van der Waals surface area contributed by atoms with Crippen molar-refractivity contribution in [1.29, 1.82) is 0 Å². The number of unbranched alkanes of at least 4 members (excludes halogenated alkanes) is 4. The predicted octanol–water partition coefficient (Wildman–Crippen LogP) is 2.61. The van der Waals surface area contributed by atoms with E-state index >= 15 is 0 Å². The minimum atomic E-state index is -0.730. The van der Waals surface area contributed by atoms with Crippen LogP contribution in [-0.2, 0) is 4.79 Å². The highest BCUT2D eigenvalue weighted by atomic mass is 32.1. The predicted molar refractivity (Wildman–Crippen MR) is 74.5 cm³/mol. The fourth-order valence-electron chi connectivity index (χ4n) is 1.69. The van der Waals surface area contributed by atoms with Gasteiger partial charge in [-0.05, 0) is 19.8 Å². The number of nitrogens with zero attached hydrogens (tertiary/aromatic N) is 1. The van der Waals surface area contributed by atoms with Gasteiger partial charge in [-0.15, -0.1) is 11.3 Å².